The summed E-state index contributed by atoms with van der Waals surface area (Å²) in [5, 5.41) is 0. The van der Waals surface area contributed by atoms with Crippen LogP contribution in [-0.4, -0.2) is 83.5 Å². The summed E-state index contributed by atoms with van der Waals surface area (Å²) in [6.07, 6.45) is 5.74. The number of amides is 2. The van der Waals surface area contributed by atoms with E-state index in [9.17, 15) is 9.59 Å². The number of hydrogen-bond donors (Lipinski definition) is 0. The number of carbonyl (C=O) groups is 2. The van der Waals surface area contributed by atoms with Crippen molar-refractivity contribution in [2.45, 2.75) is 31.3 Å². The number of pyridine rings is 1. The molecule has 3 aliphatic heterocycles. The average Bonchev–Trinajstić information content (AvgIpc) is 3.05. The third-order valence-corrected chi connectivity index (χ3v) is 6.40. The van der Waals surface area contributed by atoms with Gasteiger partial charge in [0.05, 0.1) is 5.92 Å². The molecule has 3 saturated heterocycles. The van der Waals surface area contributed by atoms with Gasteiger partial charge in [0.15, 0.2) is 0 Å². The molecule has 3 aliphatic rings. The zero-order valence-corrected chi connectivity index (χ0v) is 16.0. The molecule has 1 unspecified atom stereocenters. The molecule has 1 spiro atoms. The van der Waals surface area contributed by atoms with Gasteiger partial charge in [-0.25, -0.2) is 0 Å². The highest BCUT2D eigenvalue weighted by Gasteiger charge is 2.44. The zero-order valence-electron chi connectivity index (χ0n) is 16.0. The van der Waals surface area contributed by atoms with Crippen molar-refractivity contribution in [3.05, 3.63) is 30.1 Å². The Hall–Kier alpha value is -1.99. The van der Waals surface area contributed by atoms with E-state index in [1.807, 2.05) is 17.0 Å². The number of aromatic nitrogens is 1. The van der Waals surface area contributed by atoms with E-state index in [-0.39, 0.29) is 23.3 Å². The van der Waals surface area contributed by atoms with Gasteiger partial charge in [0, 0.05) is 70.3 Å². The standard InChI is InChI=1S/C20H28N4O3/c1-22-7-8-23(15-20(22)4-9-27-10-5-20)19(26)17-11-18(25)24(14-17)13-16-3-2-6-21-12-16/h2-3,6,12,17H,4-5,7-11,13-15H2,1H3. The first-order chi connectivity index (χ1) is 13.1. The van der Waals surface area contributed by atoms with Crippen LogP contribution in [0.25, 0.3) is 0 Å². The summed E-state index contributed by atoms with van der Waals surface area (Å²) in [6.45, 7) is 4.92. The molecule has 1 atom stereocenters. The fourth-order valence-corrected chi connectivity index (χ4v) is 4.60. The number of ether oxygens (including phenoxy) is 1. The molecule has 27 heavy (non-hydrogen) atoms. The van der Waals surface area contributed by atoms with E-state index >= 15 is 0 Å². The summed E-state index contributed by atoms with van der Waals surface area (Å²) in [5.74, 6) is -0.0300. The van der Waals surface area contributed by atoms with Gasteiger partial charge in [0.25, 0.3) is 0 Å². The molecule has 0 saturated carbocycles. The highest BCUT2D eigenvalue weighted by molar-refractivity contribution is 5.89. The number of likely N-dealkylation sites (N-methyl/N-ethyl adjacent to an activating group) is 1. The molecule has 7 nitrogen and oxygen atoms in total. The minimum Gasteiger partial charge on any atom is -0.381 e. The topological polar surface area (TPSA) is 66.0 Å². The number of piperazine rings is 1. The van der Waals surface area contributed by atoms with E-state index in [4.69, 9.17) is 4.74 Å². The summed E-state index contributed by atoms with van der Waals surface area (Å²) >= 11 is 0. The van der Waals surface area contributed by atoms with Crippen LogP contribution in [0.1, 0.15) is 24.8 Å². The molecule has 0 radical (unpaired) electrons. The van der Waals surface area contributed by atoms with Crippen LogP contribution in [0.5, 0.6) is 0 Å². The predicted molar refractivity (Wildman–Crippen MR) is 99.8 cm³/mol. The van der Waals surface area contributed by atoms with E-state index in [1.54, 1.807) is 17.3 Å². The van der Waals surface area contributed by atoms with E-state index in [0.717, 1.165) is 51.3 Å². The number of hydrogen-bond acceptors (Lipinski definition) is 5. The van der Waals surface area contributed by atoms with E-state index < -0.39 is 0 Å². The van der Waals surface area contributed by atoms with E-state index in [2.05, 4.69) is 16.9 Å². The monoisotopic (exact) mass is 372 g/mol. The van der Waals surface area contributed by atoms with Crippen molar-refractivity contribution in [2.75, 3.05) is 46.4 Å². The summed E-state index contributed by atoms with van der Waals surface area (Å²) in [7, 11) is 2.15. The van der Waals surface area contributed by atoms with Crippen LogP contribution < -0.4 is 0 Å². The maximum atomic E-state index is 13.2. The Kier molecular flexibility index (Phi) is 5.14. The molecule has 0 aromatic carbocycles. The van der Waals surface area contributed by atoms with Crippen molar-refractivity contribution in [3.8, 4) is 0 Å². The minimum absolute atomic E-state index is 0.0319. The molecule has 4 rings (SSSR count). The number of likely N-dealkylation sites (tertiary alicyclic amines) is 1. The Morgan fingerprint density at radius 3 is 2.89 bits per heavy atom. The Labute approximate surface area is 160 Å². The Morgan fingerprint density at radius 2 is 2.15 bits per heavy atom. The van der Waals surface area contributed by atoms with E-state index in [1.165, 1.54) is 0 Å². The van der Waals surface area contributed by atoms with Crippen molar-refractivity contribution in [1.29, 1.82) is 0 Å². The van der Waals surface area contributed by atoms with Crippen LogP contribution in [0.15, 0.2) is 24.5 Å². The van der Waals surface area contributed by atoms with Crippen LogP contribution in [0.2, 0.25) is 0 Å². The van der Waals surface area contributed by atoms with Crippen molar-refractivity contribution in [3.63, 3.8) is 0 Å². The number of nitrogens with zero attached hydrogens (tertiary/aromatic N) is 4. The van der Waals surface area contributed by atoms with Gasteiger partial charge in [-0.1, -0.05) is 6.07 Å². The molecule has 4 heterocycles. The predicted octanol–water partition coefficient (Wildman–Crippen LogP) is 0.753. The molecule has 7 heteroatoms. The highest BCUT2D eigenvalue weighted by Crippen LogP contribution is 2.32. The Balaban J connectivity index is 1.40. The van der Waals surface area contributed by atoms with Gasteiger partial charge in [-0.3, -0.25) is 19.5 Å². The van der Waals surface area contributed by atoms with Gasteiger partial charge in [-0.2, -0.15) is 0 Å². The number of rotatable bonds is 3. The largest absolute Gasteiger partial charge is 0.381 e. The van der Waals surface area contributed by atoms with Crippen LogP contribution in [0.3, 0.4) is 0 Å². The first kappa shape index (κ1) is 18.4. The smallest absolute Gasteiger partial charge is 0.228 e. The minimum atomic E-state index is -0.227. The highest BCUT2D eigenvalue weighted by atomic mass is 16.5. The molecule has 0 N–H and O–H groups in total. The second-order valence-electron chi connectivity index (χ2n) is 8.05. The maximum Gasteiger partial charge on any atom is 0.228 e. The summed E-state index contributed by atoms with van der Waals surface area (Å²) in [4.78, 5) is 35.9. The normalized spacial score (nSPS) is 26.0. The molecule has 2 amide bonds. The molecule has 146 valence electrons. The SMILES string of the molecule is CN1CCN(C(=O)C2CC(=O)N(Cc3cccnc3)C2)CC12CCOCC2. The summed E-state index contributed by atoms with van der Waals surface area (Å²) in [5.41, 5.74) is 1.03. The zero-order chi connectivity index (χ0) is 18.9. The third-order valence-electron chi connectivity index (χ3n) is 6.40. The molecular formula is C20H28N4O3. The quantitative estimate of drug-likeness (QED) is 0.784. The van der Waals surface area contributed by atoms with Gasteiger partial charge in [0.1, 0.15) is 0 Å². The second-order valence-corrected chi connectivity index (χ2v) is 8.05. The van der Waals surface area contributed by atoms with Crippen LogP contribution in [0.4, 0.5) is 0 Å². The summed E-state index contributed by atoms with van der Waals surface area (Å²) in [6, 6.07) is 3.83. The molecule has 1 aromatic rings. The van der Waals surface area contributed by atoms with Crippen LogP contribution in [0, 0.1) is 5.92 Å². The van der Waals surface area contributed by atoms with Gasteiger partial charge >= 0.3 is 0 Å². The first-order valence-corrected chi connectivity index (χ1v) is 9.82. The van der Waals surface area contributed by atoms with Crippen molar-refractivity contribution in [2.24, 2.45) is 5.92 Å². The van der Waals surface area contributed by atoms with Gasteiger partial charge in [-0.15, -0.1) is 0 Å². The van der Waals surface area contributed by atoms with Crippen molar-refractivity contribution in [1.82, 2.24) is 19.7 Å². The lowest BCUT2D eigenvalue weighted by molar-refractivity contribution is -0.144. The molecule has 3 fully saturated rings. The third kappa shape index (κ3) is 3.71. The van der Waals surface area contributed by atoms with Crippen LogP contribution in [-0.2, 0) is 20.9 Å². The van der Waals surface area contributed by atoms with Gasteiger partial charge < -0.3 is 14.5 Å². The summed E-state index contributed by atoms with van der Waals surface area (Å²) < 4.78 is 5.54. The first-order valence-electron chi connectivity index (χ1n) is 9.82. The second kappa shape index (κ2) is 7.56. The molecule has 0 bridgehead atoms. The average molecular weight is 372 g/mol. The van der Waals surface area contributed by atoms with Crippen LogP contribution >= 0.6 is 0 Å². The lowest BCUT2D eigenvalue weighted by atomic mass is 9.85. The fourth-order valence-electron chi connectivity index (χ4n) is 4.60. The Bertz CT molecular complexity index is 690. The van der Waals surface area contributed by atoms with Crippen molar-refractivity contribution >= 4 is 11.8 Å². The Morgan fingerprint density at radius 1 is 1.33 bits per heavy atom. The lowest BCUT2D eigenvalue weighted by Gasteiger charge is -2.51. The maximum absolute atomic E-state index is 13.2. The van der Waals surface area contributed by atoms with E-state index in [0.29, 0.717) is 19.5 Å². The molecule has 0 aliphatic carbocycles. The van der Waals surface area contributed by atoms with Gasteiger partial charge in [0.2, 0.25) is 11.8 Å². The molecule has 1 aromatic heterocycles. The van der Waals surface area contributed by atoms with Gasteiger partial charge in [-0.05, 0) is 31.5 Å². The molecular weight excluding hydrogens is 344 g/mol. The fraction of sp³-hybridized carbons (Fsp3) is 0.650. The lowest BCUT2D eigenvalue weighted by Crippen LogP contribution is -2.64. The van der Waals surface area contributed by atoms with Crippen molar-refractivity contribution < 1.29 is 14.3 Å². The number of carbonyl (C=O) groups excluding carboxylic acids is 2.